The van der Waals surface area contributed by atoms with Gasteiger partial charge in [-0.05, 0) is 24.3 Å². The number of carbonyl (C=O) groups is 1. The number of rotatable bonds is 3. The minimum absolute atomic E-state index is 0.133. The molecule has 0 spiro atoms. The van der Waals surface area contributed by atoms with Crippen LogP contribution in [-0.2, 0) is 4.74 Å². The predicted octanol–water partition coefficient (Wildman–Crippen LogP) is 1.41. The van der Waals surface area contributed by atoms with E-state index in [1.165, 1.54) is 12.1 Å². The molecule has 2 aliphatic rings. The Morgan fingerprint density at radius 2 is 1.78 bits per heavy atom. The Kier molecular flexibility index (Phi) is 5.15. The normalized spacial score (nSPS) is 17.9. The topological polar surface area (TPSA) is 61.8 Å². The summed E-state index contributed by atoms with van der Waals surface area (Å²) < 4.78 is 18.7. The molecule has 1 amide bonds. The van der Waals surface area contributed by atoms with E-state index >= 15 is 0 Å². The van der Waals surface area contributed by atoms with Crippen molar-refractivity contribution in [1.82, 2.24) is 14.9 Å². The van der Waals surface area contributed by atoms with Crippen molar-refractivity contribution in [3.8, 4) is 0 Å². The maximum absolute atomic E-state index is 13.4. The van der Waals surface area contributed by atoms with Crippen molar-refractivity contribution in [1.29, 1.82) is 0 Å². The highest BCUT2D eigenvalue weighted by molar-refractivity contribution is 5.94. The number of halogens is 1. The fourth-order valence-corrected chi connectivity index (χ4v) is 3.37. The largest absolute Gasteiger partial charge is 0.378 e. The fraction of sp³-hybridized carbons (Fsp3) is 0.421. The second kappa shape index (κ2) is 7.87. The monoisotopic (exact) mass is 371 g/mol. The van der Waals surface area contributed by atoms with E-state index in [0.29, 0.717) is 50.9 Å². The second-order valence-corrected chi connectivity index (χ2v) is 6.60. The van der Waals surface area contributed by atoms with Crippen LogP contribution in [0.2, 0.25) is 0 Å². The van der Waals surface area contributed by atoms with Crippen LogP contribution in [0.5, 0.6) is 0 Å². The van der Waals surface area contributed by atoms with Crippen LogP contribution in [-0.4, -0.2) is 73.3 Å². The predicted molar refractivity (Wildman–Crippen MR) is 99.6 cm³/mol. The molecule has 1 aromatic heterocycles. The minimum Gasteiger partial charge on any atom is -0.378 e. The summed E-state index contributed by atoms with van der Waals surface area (Å²) in [6, 6.07) is 7.74. The van der Waals surface area contributed by atoms with E-state index in [-0.39, 0.29) is 5.91 Å². The zero-order chi connectivity index (χ0) is 18.6. The summed E-state index contributed by atoms with van der Waals surface area (Å²) >= 11 is 0. The van der Waals surface area contributed by atoms with Gasteiger partial charge in [-0.3, -0.25) is 4.79 Å². The summed E-state index contributed by atoms with van der Waals surface area (Å²) in [5.41, 5.74) is 0.389. The number of anilines is 2. The van der Waals surface area contributed by atoms with E-state index in [4.69, 9.17) is 9.72 Å². The third kappa shape index (κ3) is 4.00. The standard InChI is InChI=1S/C19H22FN5O2/c20-16-3-1-2-15(14-16)18(26)24-8-6-23(7-9-24)17-4-5-21-19(22-17)25-10-12-27-13-11-25/h1-5,14H,6-13H2. The molecular formula is C19H22FN5O2. The zero-order valence-electron chi connectivity index (χ0n) is 15.1. The van der Waals surface area contributed by atoms with Crippen molar-refractivity contribution in [3.63, 3.8) is 0 Å². The molecule has 0 saturated carbocycles. The molecular weight excluding hydrogens is 349 g/mol. The lowest BCUT2D eigenvalue weighted by Crippen LogP contribution is -2.49. The molecule has 8 heteroatoms. The number of hydrogen-bond acceptors (Lipinski definition) is 6. The van der Waals surface area contributed by atoms with Gasteiger partial charge in [0.15, 0.2) is 0 Å². The highest BCUT2D eigenvalue weighted by atomic mass is 19.1. The SMILES string of the molecule is O=C(c1cccc(F)c1)N1CCN(c2ccnc(N3CCOCC3)n2)CC1. The van der Waals surface area contributed by atoms with Crippen molar-refractivity contribution in [2.45, 2.75) is 0 Å². The maximum atomic E-state index is 13.4. The van der Waals surface area contributed by atoms with E-state index in [1.807, 2.05) is 6.07 Å². The highest BCUT2D eigenvalue weighted by Gasteiger charge is 2.24. The van der Waals surface area contributed by atoms with Gasteiger partial charge in [0, 0.05) is 51.0 Å². The van der Waals surface area contributed by atoms with Crippen LogP contribution in [0.4, 0.5) is 16.2 Å². The third-order valence-electron chi connectivity index (χ3n) is 4.88. The van der Waals surface area contributed by atoms with Gasteiger partial charge in [-0.25, -0.2) is 9.37 Å². The number of piperazine rings is 1. The second-order valence-electron chi connectivity index (χ2n) is 6.60. The van der Waals surface area contributed by atoms with Gasteiger partial charge in [0.25, 0.3) is 5.91 Å². The maximum Gasteiger partial charge on any atom is 0.254 e. The molecule has 4 rings (SSSR count). The van der Waals surface area contributed by atoms with Gasteiger partial charge >= 0.3 is 0 Å². The van der Waals surface area contributed by atoms with Crippen LogP contribution < -0.4 is 9.80 Å². The van der Waals surface area contributed by atoms with Gasteiger partial charge in [0.1, 0.15) is 11.6 Å². The molecule has 7 nitrogen and oxygen atoms in total. The molecule has 142 valence electrons. The number of nitrogens with zero attached hydrogens (tertiary/aromatic N) is 5. The van der Waals surface area contributed by atoms with E-state index < -0.39 is 5.82 Å². The summed E-state index contributed by atoms with van der Waals surface area (Å²) in [6.45, 7) is 5.47. The number of aromatic nitrogens is 2. The number of amides is 1. The van der Waals surface area contributed by atoms with Crippen LogP contribution in [0.3, 0.4) is 0 Å². The van der Waals surface area contributed by atoms with Crippen LogP contribution >= 0.6 is 0 Å². The summed E-state index contributed by atoms with van der Waals surface area (Å²) in [4.78, 5) is 27.7. The zero-order valence-corrected chi connectivity index (χ0v) is 15.1. The highest BCUT2D eigenvalue weighted by Crippen LogP contribution is 2.18. The summed E-state index contributed by atoms with van der Waals surface area (Å²) in [5.74, 6) is 1.06. The van der Waals surface area contributed by atoms with Crippen molar-refractivity contribution >= 4 is 17.7 Å². The molecule has 2 aromatic rings. The van der Waals surface area contributed by atoms with Crippen molar-refractivity contribution in [3.05, 3.63) is 47.9 Å². The third-order valence-corrected chi connectivity index (χ3v) is 4.88. The number of ether oxygens (including phenoxy) is 1. The van der Waals surface area contributed by atoms with E-state index in [9.17, 15) is 9.18 Å². The summed E-state index contributed by atoms with van der Waals surface area (Å²) in [7, 11) is 0. The molecule has 0 bridgehead atoms. The van der Waals surface area contributed by atoms with Crippen molar-refractivity contribution < 1.29 is 13.9 Å². The van der Waals surface area contributed by atoms with Crippen LogP contribution in [0.15, 0.2) is 36.5 Å². The lowest BCUT2D eigenvalue weighted by atomic mass is 10.1. The van der Waals surface area contributed by atoms with Crippen LogP contribution in [0.25, 0.3) is 0 Å². The Morgan fingerprint density at radius 1 is 1.00 bits per heavy atom. The number of benzene rings is 1. The van der Waals surface area contributed by atoms with Gasteiger partial charge < -0.3 is 19.4 Å². The number of carbonyl (C=O) groups excluding carboxylic acids is 1. The van der Waals surface area contributed by atoms with E-state index in [0.717, 1.165) is 18.9 Å². The lowest BCUT2D eigenvalue weighted by molar-refractivity contribution is 0.0746. The Labute approximate surface area is 157 Å². The first-order valence-corrected chi connectivity index (χ1v) is 9.16. The van der Waals surface area contributed by atoms with Crippen molar-refractivity contribution in [2.75, 3.05) is 62.3 Å². The van der Waals surface area contributed by atoms with Crippen LogP contribution in [0, 0.1) is 5.82 Å². The molecule has 1 aromatic carbocycles. The van der Waals surface area contributed by atoms with Crippen molar-refractivity contribution in [2.24, 2.45) is 0 Å². The number of morpholine rings is 1. The molecule has 0 atom stereocenters. The number of hydrogen-bond donors (Lipinski definition) is 0. The Bertz CT molecular complexity index is 804. The molecule has 0 N–H and O–H groups in total. The van der Waals surface area contributed by atoms with Gasteiger partial charge in [-0.1, -0.05) is 6.07 Å². The van der Waals surface area contributed by atoms with Crippen LogP contribution in [0.1, 0.15) is 10.4 Å². The average Bonchev–Trinajstić information content (AvgIpc) is 2.74. The minimum atomic E-state index is -0.392. The van der Waals surface area contributed by atoms with Gasteiger partial charge in [0.2, 0.25) is 5.95 Å². The first-order chi connectivity index (χ1) is 13.2. The average molecular weight is 371 g/mol. The summed E-state index contributed by atoms with van der Waals surface area (Å²) in [5, 5.41) is 0. The fourth-order valence-electron chi connectivity index (χ4n) is 3.37. The van der Waals surface area contributed by atoms with Gasteiger partial charge in [-0.2, -0.15) is 4.98 Å². The van der Waals surface area contributed by atoms with E-state index in [2.05, 4.69) is 14.8 Å². The lowest BCUT2D eigenvalue weighted by Gasteiger charge is -2.36. The molecule has 3 heterocycles. The summed E-state index contributed by atoms with van der Waals surface area (Å²) in [6.07, 6.45) is 1.78. The first kappa shape index (κ1) is 17.7. The Balaban J connectivity index is 1.40. The quantitative estimate of drug-likeness (QED) is 0.813. The Hall–Kier alpha value is -2.74. The smallest absolute Gasteiger partial charge is 0.254 e. The molecule has 2 fully saturated rings. The first-order valence-electron chi connectivity index (χ1n) is 9.16. The molecule has 27 heavy (non-hydrogen) atoms. The van der Waals surface area contributed by atoms with E-state index in [1.54, 1.807) is 23.2 Å². The molecule has 2 saturated heterocycles. The molecule has 2 aliphatic heterocycles. The Morgan fingerprint density at radius 3 is 2.52 bits per heavy atom. The molecule has 0 radical (unpaired) electrons. The van der Waals surface area contributed by atoms with Gasteiger partial charge in [0.05, 0.1) is 13.2 Å². The van der Waals surface area contributed by atoms with Gasteiger partial charge in [-0.15, -0.1) is 0 Å². The molecule has 0 unspecified atom stereocenters. The molecule has 0 aliphatic carbocycles.